The average Bonchev–Trinajstić information content (AvgIpc) is 3.81. The van der Waals surface area contributed by atoms with Crippen molar-refractivity contribution >= 4 is 46.8 Å². The van der Waals surface area contributed by atoms with E-state index in [0.717, 1.165) is 36.8 Å². The first-order valence-corrected chi connectivity index (χ1v) is 20.6. The van der Waals surface area contributed by atoms with Gasteiger partial charge in [-0.1, -0.05) is 12.1 Å². The first-order chi connectivity index (χ1) is 29.4. The maximum absolute atomic E-state index is 14.2. The fourth-order valence-electron chi connectivity index (χ4n) is 8.06. The summed E-state index contributed by atoms with van der Waals surface area (Å²) in [7, 11) is 4.84. The Morgan fingerprint density at radius 3 is 2.34 bits per heavy atom. The van der Waals surface area contributed by atoms with E-state index < -0.39 is 30.6 Å². The van der Waals surface area contributed by atoms with Gasteiger partial charge in [0.15, 0.2) is 24.0 Å². The van der Waals surface area contributed by atoms with Gasteiger partial charge in [-0.25, -0.2) is 14.5 Å². The van der Waals surface area contributed by atoms with Crippen molar-refractivity contribution in [1.29, 1.82) is 0 Å². The molecule has 2 aromatic carbocycles. The van der Waals surface area contributed by atoms with E-state index in [1.165, 1.54) is 16.6 Å². The van der Waals surface area contributed by atoms with E-state index in [9.17, 15) is 29.1 Å². The number of carbonyl (C=O) groups is 5. The molecule has 3 aliphatic rings. The van der Waals surface area contributed by atoms with Crippen LogP contribution in [0.3, 0.4) is 0 Å². The Kier molecular flexibility index (Phi) is 13.3. The predicted molar refractivity (Wildman–Crippen MR) is 224 cm³/mol. The van der Waals surface area contributed by atoms with Crippen LogP contribution in [0.4, 0.5) is 21.9 Å². The largest absolute Gasteiger partial charge is 0.493 e. The lowest BCUT2D eigenvalue weighted by molar-refractivity contribution is -0.198. The van der Waals surface area contributed by atoms with Crippen LogP contribution in [0.1, 0.15) is 89.6 Å². The van der Waals surface area contributed by atoms with Crippen molar-refractivity contribution in [2.24, 2.45) is 14.1 Å². The summed E-state index contributed by atoms with van der Waals surface area (Å²) in [5.41, 5.74) is 3.53. The molecule has 0 radical (unpaired) electrons. The van der Waals surface area contributed by atoms with Gasteiger partial charge in [0, 0.05) is 63.4 Å². The molecule has 0 saturated carbocycles. The number of amides is 4. The number of benzene rings is 2. The van der Waals surface area contributed by atoms with Gasteiger partial charge in [0.1, 0.15) is 11.4 Å². The molecule has 2 unspecified atom stereocenters. The van der Waals surface area contributed by atoms with E-state index in [-0.39, 0.29) is 60.1 Å². The summed E-state index contributed by atoms with van der Waals surface area (Å²) in [6.07, 6.45) is 6.53. The lowest BCUT2D eigenvalue weighted by Gasteiger charge is -2.42. The summed E-state index contributed by atoms with van der Waals surface area (Å²) < 4.78 is 33.0. The molecular weight excluding hydrogens is 789 g/mol. The van der Waals surface area contributed by atoms with Crippen molar-refractivity contribution < 1.29 is 52.8 Å². The third-order valence-electron chi connectivity index (χ3n) is 11.1. The number of carboxylic acid groups (broad SMARTS) is 1. The molecular formula is C44H52N6O11. The third-order valence-corrected chi connectivity index (χ3v) is 11.1. The molecule has 4 aromatic rings. The molecule has 2 fully saturated rings. The summed E-state index contributed by atoms with van der Waals surface area (Å²) >= 11 is 0. The van der Waals surface area contributed by atoms with Crippen molar-refractivity contribution in [2.75, 3.05) is 49.0 Å². The highest BCUT2D eigenvalue weighted by atomic mass is 16.7. The molecule has 5 heterocycles. The molecule has 2 saturated heterocycles. The first kappa shape index (κ1) is 42.8. The molecule has 0 aliphatic carbocycles. The van der Waals surface area contributed by atoms with E-state index >= 15 is 0 Å². The molecule has 4 amide bonds. The van der Waals surface area contributed by atoms with Gasteiger partial charge in [-0.05, 0) is 87.8 Å². The van der Waals surface area contributed by atoms with Gasteiger partial charge in [0.25, 0.3) is 11.8 Å². The molecule has 324 valence electrons. The van der Waals surface area contributed by atoms with Gasteiger partial charge in [-0.3, -0.25) is 14.4 Å². The molecule has 0 bridgehead atoms. The number of nitrogens with one attached hydrogen (secondary N) is 2. The summed E-state index contributed by atoms with van der Waals surface area (Å²) in [6.45, 7) is 2.99. The Hall–Kier alpha value is -6.33. The predicted octanol–water partition coefficient (Wildman–Crippen LogP) is 6.63. The second-order valence-electron chi connectivity index (χ2n) is 15.3. The number of nitrogens with zero attached hydrogens (tertiary/aromatic N) is 4. The van der Waals surface area contributed by atoms with Crippen LogP contribution in [0.2, 0.25) is 0 Å². The van der Waals surface area contributed by atoms with Gasteiger partial charge in [-0.15, -0.1) is 0 Å². The SMILES string of the molecule is CCOC(=O)N1c2cc(OCCCC(=O)Nc3cc(C(=O)Nc4ccc(-c5cc(C(=O)O)n(C)c5)cc4)n(C)c3)c(OC)cc2C(=O)N2CCCC[C@H]2C1OC1CCCCO1. The molecule has 61 heavy (non-hydrogen) atoms. The highest BCUT2D eigenvalue weighted by Gasteiger charge is 2.47. The Balaban J connectivity index is 0.991. The molecule has 17 heteroatoms. The number of carbonyl (C=O) groups excluding carboxylic acids is 4. The maximum atomic E-state index is 14.2. The van der Waals surface area contributed by atoms with Crippen LogP contribution in [0.15, 0.2) is 60.9 Å². The van der Waals surface area contributed by atoms with Gasteiger partial charge >= 0.3 is 12.1 Å². The first-order valence-electron chi connectivity index (χ1n) is 20.6. The molecule has 7 rings (SSSR count). The summed E-state index contributed by atoms with van der Waals surface area (Å²) in [5.74, 6) is -1.37. The number of anilines is 3. The van der Waals surface area contributed by atoms with Crippen LogP contribution in [-0.2, 0) is 33.1 Å². The Bertz CT molecular complexity index is 2260. The second-order valence-corrected chi connectivity index (χ2v) is 15.3. The highest BCUT2D eigenvalue weighted by Crippen LogP contribution is 2.42. The second kappa shape index (κ2) is 18.9. The minimum Gasteiger partial charge on any atom is -0.493 e. The van der Waals surface area contributed by atoms with Crippen molar-refractivity contribution in [3.05, 3.63) is 77.9 Å². The van der Waals surface area contributed by atoms with Crippen LogP contribution in [-0.4, -0.2) is 101 Å². The van der Waals surface area contributed by atoms with E-state index in [1.54, 1.807) is 91.4 Å². The van der Waals surface area contributed by atoms with E-state index in [4.69, 9.17) is 23.7 Å². The Morgan fingerprint density at radius 2 is 1.64 bits per heavy atom. The fourth-order valence-corrected chi connectivity index (χ4v) is 8.06. The van der Waals surface area contributed by atoms with E-state index in [0.29, 0.717) is 55.2 Å². The summed E-state index contributed by atoms with van der Waals surface area (Å²) in [5, 5.41) is 15.1. The van der Waals surface area contributed by atoms with Gasteiger partial charge < -0.3 is 53.5 Å². The maximum Gasteiger partial charge on any atom is 0.416 e. The number of rotatable bonds is 14. The van der Waals surface area contributed by atoms with Crippen molar-refractivity contribution in [3.8, 4) is 22.6 Å². The number of fused-ring (bicyclic) bond motifs is 2. The topological polar surface area (TPSA) is 192 Å². The lowest BCUT2D eigenvalue weighted by atomic mass is 10.00. The number of hydrogen-bond acceptors (Lipinski definition) is 10. The zero-order valence-electron chi connectivity index (χ0n) is 34.8. The van der Waals surface area contributed by atoms with Crippen LogP contribution in [0.25, 0.3) is 11.1 Å². The standard InChI is InChI=1S/C44H52N6O11/c1-5-58-44(56)50-33-24-37(36(57-4)23-31(33)41(53)49-18-8-6-11-32(49)42(50)61-39-13-7-9-19-60-39)59-20-10-12-38(51)45-30-22-34(48(3)26-30)40(52)46-29-16-14-27(15-17-29)28-21-35(43(54)55)47(2)25-28/h14-17,21-26,32,39,42H,5-13,18-20H2,1-4H3,(H,45,51)(H,46,52)(H,54,55)/t32-,39?,42?/m0/s1. The number of aryl methyl sites for hydroxylation is 2. The summed E-state index contributed by atoms with van der Waals surface area (Å²) in [6, 6.07) is 13.0. The molecule has 0 spiro atoms. The Morgan fingerprint density at radius 1 is 0.869 bits per heavy atom. The molecule has 17 nitrogen and oxygen atoms in total. The monoisotopic (exact) mass is 840 g/mol. The fraction of sp³-hybridized carbons (Fsp3) is 0.432. The lowest BCUT2D eigenvalue weighted by Crippen LogP contribution is -2.57. The number of aromatic carboxylic acids is 1. The zero-order valence-corrected chi connectivity index (χ0v) is 34.8. The smallest absolute Gasteiger partial charge is 0.416 e. The van der Waals surface area contributed by atoms with Crippen LogP contribution in [0.5, 0.6) is 11.5 Å². The minimum absolute atomic E-state index is 0.0901. The number of piperidine rings is 1. The Labute approximate surface area is 353 Å². The number of methoxy groups -OCH3 is 1. The van der Waals surface area contributed by atoms with Gasteiger partial charge in [0.05, 0.1) is 43.3 Å². The third kappa shape index (κ3) is 9.52. The van der Waals surface area contributed by atoms with Gasteiger partial charge in [0.2, 0.25) is 5.91 Å². The van der Waals surface area contributed by atoms with E-state index in [2.05, 4.69) is 10.6 Å². The number of hydrogen-bond donors (Lipinski definition) is 3. The van der Waals surface area contributed by atoms with Crippen molar-refractivity contribution in [2.45, 2.75) is 76.9 Å². The van der Waals surface area contributed by atoms with Crippen molar-refractivity contribution in [1.82, 2.24) is 14.0 Å². The zero-order chi connectivity index (χ0) is 43.2. The van der Waals surface area contributed by atoms with Crippen LogP contribution < -0.4 is 25.0 Å². The molecule has 3 aliphatic heterocycles. The summed E-state index contributed by atoms with van der Waals surface area (Å²) in [4.78, 5) is 68.9. The van der Waals surface area contributed by atoms with Gasteiger partial charge in [-0.2, -0.15) is 0 Å². The van der Waals surface area contributed by atoms with Crippen LogP contribution in [0, 0.1) is 0 Å². The molecule has 3 atom stereocenters. The number of carboxylic acids is 1. The highest BCUT2D eigenvalue weighted by molar-refractivity contribution is 6.06. The quantitative estimate of drug-likeness (QED) is 0.116. The van der Waals surface area contributed by atoms with E-state index in [1.807, 2.05) is 0 Å². The van der Waals surface area contributed by atoms with Crippen LogP contribution >= 0.6 is 0 Å². The minimum atomic E-state index is -1.02. The van der Waals surface area contributed by atoms with Crippen molar-refractivity contribution in [3.63, 3.8) is 0 Å². The molecule has 3 N–H and O–H groups in total. The number of ether oxygens (including phenoxy) is 5. The molecule has 2 aromatic heterocycles. The number of aromatic nitrogens is 2. The average molecular weight is 841 g/mol. The normalized spacial score (nSPS) is 18.7.